The van der Waals surface area contributed by atoms with Crippen LogP contribution in [-0.4, -0.2) is 25.7 Å². The van der Waals surface area contributed by atoms with Crippen molar-refractivity contribution in [3.8, 4) is 0 Å². The van der Waals surface area contributed by atoms with E-state index >= 15 is 0 Å². The standard InChI is InChI=1S/C22H23N5O/c1-14-8-15(2)18(16(3)9-14)11-23-22(28)20-10-17(25-26-20)12-27-13-24-19-6-4-5-7-21(19)27/h4-10,13H,11-12H2,1-3H3,(H,23,28)(H,25,26). The molecule has 0 aliphatic heterocycles. The third-order valence-corrected chi connectivity index (χ3v) is 5.00. The molecule has 0 aliphatic carbocycles. The van der Waals surface area contributed by atoms with Gasteiger partial charge in [0.2, 0.25) is 0 Å². The van der Waals surface area contributed by atoms with Crippen LogP contribution in [0.1, 0.15) is 38.4 Å². The van der Waals surface area contributed by atoms with Gasteiger partial charge in [-0.2, -0.15) is 5.10 Å². The summed E-state index contributed by atoms with van der Waals surface area (Å²) in [6, 6.07) is 14.0. The van der Waals surface area contributed by atoms with Crippen molar-refractivity contribution in [2.75, 3.05) is 0 Å². The monoisotopic (exact) mass is 373 g/mol. The molecule has 2 heterocycles. The largest absolute Gasteiger partial charge is 0.347 e. The van der Waals surface area contributed by atoms with Gasteiger partial charge in [0, 0.05) is 6.54 Å². The van der Waals surface area contributed by atoms with Crippen LogP contribution in [0.3, 0.4) is 0 Å². The van der Waals surface area contributed by atoms with Gasteiger partial charge in [-0.05, 0) is 55.7 Å². The smallest absolute Gasteiger partial charge is 0.272 e. The highest BCUT2D eigenvalue weighted by molar-refractivity contribution is 5.92. The molecule has 4 aromatic rings. The number of hydrogen-bond donors (Lipinski definition) is 2. The van der Waals surface area contributed by atoms with Gasteiger partial charge in [-0.3, -0.25) is 9.89 Å². The van der Waals surface area contributed by atoms with E-state index in [-0.39, 0.29) is 5.91 Å². The summed E-state index contributed by atoms with van der Waals surface area (Å²) in [5.74, 6) is -0.183. The van der Waals surface area contributed by atoms with Gasteiger partial charge >= 0.3 is 0 Å². The Morgan fingerprint density at radius 3 is 2.64 bits per heavy atom. The molecule has 0 saturated carbocycles. The first-order chi connectivity index (χ1) is 13.5. The average molecular weight is 373 g/mol. The Morgan fingerprint density at radius 2 is 1.86 bits per heavy atom. The molecule has 1 amide bonds. The number of aromatic amines is 1. The molecule has 6 nitrogen and oxygen atoms in total. The molecule has 0 radical (unpaired) electrons. The van der Waals surface area contributed by atoms with Crippen molar-refractivity contribution in [3.63, 3.8) is 0 Å². The van der Waals surface area contributed by atoms with Crippen molar-refractivity contribution in [1.82, 2.24) is 25.1 Å². The van der Waals surface area contributed by atoms with E-state index < -0.39 is 0 Å². The molecule has 0 spiro atoms. The number of benzene rings is 2. The van der Waals surface area contributed by atoms with Gasteiger partial charge in [-0.25, -0.2) is 4.98 Å². The molecular formula is C22H23N5O. The summed E-state index contributed by atoms with van der Waals surface area (Å²) in [7, 11) is 0. The van der Waals surface area contributed by atoms with Crippen LogP contribution in [0.5, 0.6) is 0 Å². The zero-order chi connectivity index (χ0) is 19.7. The number of aryl methyl sites for hydroxylation is 3. The van der Waals surface area contributed by atoms with Crippen LogP contribution in [-0.2, 0) is 13.1 Å². The molecule has 0 bridgehead atoms. The summed E-state index contributed by atoms with van der Waals surface area (Å²) in [5, 5.41) is 10.1. The fourth-order valence-corrected chi connectivity index (χ4v) is 3.63. The Hall–Kier alpha value is -3.41. The second kappa shape index (κ2) is 7.31. The number of nitrogens with one attached hydrogen (secondary N) is 2. The molecule has 0 saturated heterocycles. The first kappa shape index (κ1) is 18.0. The van der Waals surface area contributed by atoms with E-state index in [1.807, 2.05) is 28.8 Å². The van der Waals surface area contributed by atoms with E-state index in [9.17, 15) is 4.79 Å². The Kier molecular flexibility index (Phi) is 4.69. The van der Waals surface area contributed by atoms with E-state index in [2.05, 4.69) is 53.4 Å². The first-order valence-electron chi connectivity index (χ1n) is 9.30. The number of carbonyl (C=O) groups is 1. The highest BCUT2D eigenvalue weighted by atomic mass is 16.1. The quantitative estimate of drug-likeness (QED) is 0.560. The maximum absolute atomic E-state index is 12.5. The molecule has 28 heavy (non-hydrogen) atoms. The van der Waals surface area contributed by atoms with Gasteiger partial charge in [-0.15, -0.1) is 0 Å². The van der Waals surface area contributed by atoms with Crippen LogP contribution in [0.25, 0.3) is 11.0 Å². The van der Waals surface area contributed by atoms with Crippen LogP contribution in [0.2, 0.25) is 0 Å². The van der Waals surface area contributed by atoms with E-state index in [0.717, 1.165) is 22.3 Å². The SMILES string of the molecule is Cc1cc(C)c(CNC(=O)c2cc(Cn3cnc4ccccc43)[nH]n2)c(C)c1. The van der Waals surface area contributed by atoms with Crippen LogP contribution >= 0.6 is 0 Å². The molecule has 0 unspecified atom stereocenters. The minimum atomic E-state index is -0.183. The summed E-state index contributed by atoms with van der Waals surface area (Å²) >= 11 is 0. The minimum absolute atomic E-state index is 0.183. The zero-order valence-corrected chi connectivity index (χ0v) is 16.3. The predicted octanol–water partition coefficient (Wildman–Crippen LogP) is 3.66. The second-order valence-corrected chi connectivity index (χ2v) is 7.20. The lowest BCUT2D eigenvalue weighted by molar-refractivity contribution is 0.0946. The zero-order valence-electron chi connectivity index (χ0n) is 16.3. The maximum atomic E-state index is 12.5. The molecule has 6 heteroatoms. The fraction of sp³-hybridized carbons (Fsp3) is 0.227. The van der Waals surface area contributed by atoms with E-state index in [4.69, 9.17) is 0 Å². The van der Waals surface area contributed by atoms with Crippen LogP contribution in [0, 0.1) is 20.8 Å². The molecule has 142 valence electrons. The fourth-order valence-electron chi connectivity index (χ4n) is 3.63. The number of fused-ring (bicyclic) bond motifs is 1. The number of rotatable bonds is 5. The van der Waals surface area contributed by atoms with Crippen LogP contribution in [0.15, 0.2) is 48.8 Å². The maximum Gasteiger partial charge on any atom is 0.272 e. The molecule has 0 atom stereocenters. The van der Waals surface area contributed by atoms with Crippen molar-refractivity contribution in [2.24, 2.45) is 0 Å². The molecular weight excluding hydrogens is 350 g/mol. The number of hydrogen-bond acceptors (Lipinski definition) is 3. The lowest BCUT2D eigenvalue weighted by Crippen LogP contribution is -2.24. The summed E-state index contributed by atoms with van der Waals surface area (Å²) in [5.41, 5.74) is 8.00. The number of para-hydroxylation sites is 2. The number of carbonyl (C=O) groups excluding carboxylic acids is 1. The van der Waals surface area contributed by atoms with Crippen LogP contribution < -0.4 is 5.32 Å². The molecule has 2 N–H and O–H groups in total. The second-order valence-electron chi connectivity index (χ2n) is 7.20. The lowest BCUT2D eigenvalue weighted by atomic mass is 10.00. The molecule has 2 aromatic heterocycles. The average Bonchev–Trinajstić information content (AvgIpc) is 3.29. The van der Waals surface area contributed by atoms with Gasteiger partial charge in [0.15, 0.2) is 0 Å². The first-order valence-corrected chi connectivity index (χ1v) is 9.30. The number of imidazole rings is 1. The lowest BCUT2D eigenvalue weighted by Gasteiger charge is -2.11. The third kappa shape index (κ3) is 3.53. The van der Waals surface area contributed by atoms with Gasteiger partial charge in [-0.1, -0.05) is 29.8 Å². The number of aromatic nitrogens is 4. The van der Waals surface area contributed by atoms with E-state index in [1.54, 1.807) is 12.4 Å². The molecule has 0 fully saturated rings. The normalized spacial score (nSPS) is 11.1. The highest BCUT2D eigenvalue weighted by Crippen LogP contribution is 2.17. The van der Waals surface area contributed by atoms with E-state index in [0.29, 0.717) is 18.8 Å². The van der Waals surface area contributed by atoms with Crippen molar-refractivity contribution in [1.29, 1.82) is 0 Å². The van der Waals surface area contributed by atoms with Crippen molar-refractivity contribution >= 4 is 16.9 Å². The predicted molar refractivity (Wildman–Crippen MR) is 109 cm³/mol. The minimum Gasteiger partial charge on any atom is -0.347 e. The van der Waals surface area contributed by atoms with Crippen LogP contribution in [0.4, 0.5) is 0 Å². The van der Waals surface area contributed by atoms with Gasteiger partial charge < -0.3 is 9.88 Å². The molecule has 4 rings (SSSR count). The highest BCUT2D eigenvalue weighted by Gasteiger charge is 2.13. The Labute approximate surface area is 163 Å². The van der Waals surface area contributed by atoms with Crippen molar-refractivity contribution < 1.29 is 4.79 Å². The van der Waals surface area contributed by atoms with Gasteiger partial charge in [0.05, 0.1) is 29.6 Å². The van der Waals surface area contributed by atoms with E-state index in [1.165, 1.54) is 16.7 Å². The topological polar surface area (TPSA) is 75.6 Å². The molecule has 0 aliphatic rings. The summed E-state index contributed by atoms with van der Waals surface area (Å²) in [6.07, 6.45) is 1.80. The molecule has 2 aromatic carbocycles. The van der Waals surface area contributed by atoms with Gasteiger partial charge in [0.1, 0.15) is 5.69 Å². The number of H-pyrrole nitrogens is 1. The van der Waals surface area contributed by atoms with Crippen molar-refractivity contribution in [3.05, 3.63) is 82.4 Å². The van der Waals surface area contributed by atoms with Gasteiger partial charge in [0.25, 0.3) is 5.91 Å². The summed E-state index contributed by atoms with van der Waals surface area (Å²) in [6.45, 7) is 7.30. The Balaban J connectivity index is 1.45. The Bertz CT molecular complexity index is 1130. The number of amides is 1. The summed E-state index contributed by atoms with van der Waals surface area (Å²) < 4.78 is 2.03. The third-order valence-electron chi connectivity index (χ3n) is 5.00. The Morgan fingerprint density at radius 1 is 1.11 bits per heavy atom. The number of nitrogens with zero attached hydrogens (tertiary/aromatic N) is 3. The summed E-state index contributed by atoms with van der Waals surface area (Å²) in [4.78, 5) is 16.9. The van der Waals surface area contributed by atoms with Crippen molar-refractivity contribution in [2.45, 2.75) is 33.9 Å².